The van der Waals surface area contributed by atoms with E-state index in [0.717, 1.165) is 22.3 Å². The maximum atomic E-state index is 12.8. The molecule has 1 N–H and O–H groups in total. The maximum Gasteiger partial charge on any atom is 0.256 e. The van der Waals surface area contributed by atoms with Crippen molar-refractivity contribution in [3.8, 4) is 11.9 Å². The summed E-state index contributed by atoms with van der Waals surface area (Å²) in [6.07, 6.45) is 6.34. The first kappa shape index (κ1) is 17.9. The van der Waals surface area contributed by atoms with Crippen LogP contribution in [0, 0.1) is 25.2 Å². The Hall–Kier alpha value is -3.47. The zero-order valence-corrected chi connectivity index (χ0v) is 16.0. The van der Waals surface area contributed by atoms with Crippen molar-refractivity contribution in [3.05, 3.63) is 47.2 Å². The third kappa shape index (κ3) is 3.05. The molecule has 0 aromatic carbocycles. The predicted molar refractivity (Wildman–Crippen MR) is 102 cm³/mol. The molecule has 142 valence electrons. The van der Waals surface area contributed by atoms with Crippen LogP contribution in [0.25, 0.3) is 11.0 Å². The topological polar surface area (TPSA) is 106 Å². The molecule has 3 aromatic rings. The van der Waals surface area contributed by atoms with Gasteiger partial charge in [-0.1, -0.05) is 0 Å². The van der Waals surface area contributed by atoms with E-state index >= 15 is 0 Å². The number of methoxy groups -OCH3 is 1. The molecule has 0 unspecified atom stereocenters. The van der Waals surface area contributed by atoms with Crippen molar-refractivity contribution < 1.29 is 9.53 Å². The van der Waals surface area contributed by atoms with E-state index in [0.29, 0.717) is 36.3 Å². The first-order valence-corrected chi connectivity index (χ1v) is 9.00. The zero-order valence-electron chi connectivity index (χ0n) is 16.0. The molecule has 1 aliphatic carbocycles. The van der Waals surface area contributed by atoms with Crippen molar-refractivity contribution in [1.29, 1.82) is 5.26 Å². The van der Waals surface area contributed by atoms with Crippen LogP contribution in [0.15, 0.2) is 24.8 Å². The van der Waals surface area contributed by atoms with Crippen molar-refractivity contribution >= 4 is 16.9 Å². The number of hydrogen-bond acceptors (Lipinski definition) is 6. The van der Waals surface area contributed by atoms with Crippen LogP contribution in [0.4, 0.5) is 0 Å². The van der Waals surface area contributed by atoms with Gasteiger partial charge in [-0.25, -0.2) is 9.97 Å². The Bertz CT molecular complexity index is 1120. The van der Waals surface area contributed by atoms with Crippen molar-refractivity contribution in [2.24, 2.45) is 0 Å². The fourth-order valence-corrected chi connectivity index (χ4v) is 3.23. The highest BCUT2D eigenvalue weighted by Crippen LogP contribution is 2.35. The number of rotatable bonds is 5. The average molecular weight is 376 g/mol. The minimum atomic E-state index is -0.729. The van der Waals surface area contributed by atoms with Gasteiger partial charge < -0.3 is 14.6 Å². The number of pyridine rings is 1. The molecule has 8 heteroatoms. The lowest BCUT2D eigenvalue weighted by molar-refractivity contribution is 0.0943. The van der Waals surface area contributed by atoms with E-state index in [2.05, 4.69) is 26.3 Å². The van der Waals surface area contributed by atoms with Gasteiger partial charge in [0, 0.05) is 18.0 Å². The lowest BCUT2D eigenvalue weighted by Crippen LogP contribution is -2.35. The molecule has 1 amide bonds. The number of ether oxygens (including phenoxy) is 1. The number of hydrogen-bond donors (Lipinski definition) is 1. The molecule has 0 atom stereocenters. The Morgan fingerprint density at radius 2 is 2.14 bits per heavy atom. The summed E-state index contributed by atoms with van der Waals surface area (Å²) < 4.78 is 7.23. The largest absolute Gasteiger partial charge is 0.481 e. The summed E-state index contributed by atoms with van der Waals surface area (Å²) >= 11 is 0. The van der Waals surface area contributed by atoms with Crippen molar-refractivity contribution in [2.45, 2.75) is 38.8 Å². The fraction of sp³-hybridized carbons (Fsp3) is 0.350. The van der Waals surface area contributed by atoms with Crippen molar-refractivity contribution in [3.63, 3.8) is 0 Å². The zero-order chi connectivity index (χ0) is 19.9. The molecule has 1 saturated carbocycles. The van der Waals surface area contributed by atoms with Crippen LogP contribution in [0.3, 0.4) is 0 Å². The Morgan fingerprint density at radius 1 is 1.36 bits per heavy atom. The Balaban J connectivity index is 1.76. The summed E-state index contributed by atoms with van der Waals surface area (Å²) in [5, 5.41) is 12.1. The second-order valence-corrected chi connectivity index (χ2v) is 7.15. The van der Waals surface area contributed by atoms with E-state index in [9.17, 15) is 10.1 Å². The number of amides is 1. The molecule has 28 heavy (non-hydrogen) atoms. The average Bonchev–Trinajstić information content (AvgIpc) is 3.37. The highest BCUT2D eigenvalue weighted by Gasteiger charge is 2.45. The summed E-state index contributed by atoms with van der Waals surface area (Å²) in [6, 6.07) is 4.18. The molecule has 0 radical (unpaired) electrons. The highest BCUT2D eigenvalue weighted by molar-refractivity contribution is 6.06. The summed E-state index contributed by atoms with van der Waals surface area (Å²) in [4.78, 5) is 25.8. The van der Waals surface area contributed by atoms with Crippen molar-refractivity contribution in [1.82, 2.24) is 24.8 Å². The van der Waals surface area contributed by atoms with Crippen LogP contribution < -0.4 is 10.1 Å². The van der Waals surface area contributed by atoms with Crippen LogP contribution in [0.1, 0.15) is 40.0 Å². The number of nitrogens with zero attached hydrogens (tertiary/aromatic N) is 5. The number of carbonyl (C=O) groups excluding carboxylic acids is 1. The Labute approximate surface area is 162 Å². The quantitative estimate of drug-likeness (QED) is 0.732. The van der Waals surface area contributed by atoms with E-state index in [-0.39, 0.29) is 5.91 Å². The van der Waals surface area contributed by atoms with Crippen LogP contribution in [-0.2, 0) is 6.54 Å². The normalized spacial score (nSPS) is 14.5. The number of fused-ring (bicyclic) bond motifs is 1. The highest BCUT2D eigenvalue weighted by atomic mass is 16.5. The van der Waals surface area contributed by atoms with E-state index in [1.165, 1.54) is 6.33 Å². The molecular formula is C20H20N6O2. The molecular weight excluding hydrogens is 356 g/mol. The van der Waals surface area contributed by atoms with Gasteiger partial charge in [0.1, 0.15) is 17.4 Å². The van der Waals surface area contributed by atoms with Crippen LogP contribution in [0.2, 0.25) is 0 Å². The first-order valence-electron chi connectivity index (χ1n) is 9.00. The number of carbonyl (C=O) groups is 1. The lowest BCUT2D eigenvalue weighted by atomic mass is 10.2. The molecule has 0 spiro atoms. The van der Waals surface area contributed by atoms with E-state index in [1.54, 1.807) is 19.5 Å². The lowest BCUT2D eigenvalue weighted by Gasteiger charge is -2.10. The summed E-state index contributed by atoms with van der Waals surface area (Å²) in [7, 11) is 1.57. The number of nitrogens with one attached hydrogen (secondary N) is 1. The number of aryl methyl sites for hydroxylation is 1. The van der Waals surface area contributed by atoms with E-state index in [1.807, 2.05) is 24.5 Å². The number of aromatic nitrogens is 4. The summed E-state index contributed by atoms with van der Waals surface area (Å²) in [5.74, 6) is 0.245. The van der Waals surface area contributed by atoms with Gasteiger partial charge in [0.05, 0.1) is 36.5 Å². The van der Waals surface area contributed by atoms with Gasteiger partial charge >= 0.3 is 0 Å². The third-order valence-corrected chi connectivity index (χ3v) is 5.07. The summed E-state index contributed by atoms with van der Waals surface area (Å²) in [5.41, 5.74) is 3.81. The Kier molecular flexibility index (Phi) is 4.23. The molecule has 0 saturated heterocycles. The Morgan fingerprint density at radius 3 is 2.82 bits per heavy atom. The summed E-state index contributed by atoms with van der Waals surface area (Å²) in [6.45, 7) is 4.31. The van der Waals surface area contributed by atoms with E-state index < -0.39 is 5.54 Å². The molecule has 3 heterocycles. The molecule has 3 aromatic heterocycles. The smallest absolute Gasteiger partial charge is 0.256 e. The van der Waals surface area contributed by atoms with Gasteiger partial charge in [-0.3, -0.25) is 9.78 Å². The van der Waals surface area contributed by atoms with E-state index in [4.69, 9.17) is 4.74 Å². The minimum absolute atomic E-state index is 0.281. The van der Waals surface area contributed by atoms with Gasteiger partial charge in [0.2, 0.25) is 5.88 Å². The van der Waals surface area contributed by atoms with Crippen LogP contribution in [-0.4, -0.2) is 38.1 Å². The van der Waals surface area contributed by atoms with Gasteiger partial charge in [-0.05, 0) is 38.3 Å². The third-order valence-electron chi connectivity index (χ3n) is 5.07. The van der Waals surface area contributed by atoms with Gasteiger partial charge in [-0.2, -0.15) is 5.26 Å². The molecule has 0 bridgehead atoms. The predicted octanol–water partition coefficient (Wildman–Crippen LogP) is 2.29. The first-order chi connectivity index (χ1) is 13.5. The molecule has 1 fully saturated rings. The SMILES string of the molecule is COc1ncnc(Cn2cc(C(=O)NC3(C#N)CC3)c3ncc(C)cc32)c1C. The second kappa shape index (κ2) is 6.60. The molecule has 1 aliphatic rings. The fourth-order valence-electron chi connectivity index (χ4n) is 3.23. The molecule has 8 nitrogen and oxygen atoms in total. The number of nitriles is 1. The monoisotopic (exact) mass is 376 g/mol. The molecule has 0 aliphatic heterocycles. The minimum Gasteiger partial charge on any atom is -0.481 e. The van der Waals surface area contributed by atoms with Crippen LogP contribution in [0.5, 0.6) is 5.88 Å². The maximum absolute atomic E-state index is 12.8. The van der Waals surface area contributed by atoms with Crippen LogP contribution >= 0.6 is 0 Å². The second-order valence-electron chi connectivity index (χ2n) is 7.15. The van der Waals surface area contributed by atoms with Gasteiger partial charge in [0.15, 0.2) is 0 Å². The van der Waals surface area contributed by atoms with Gasteiger partial charge in [-0.15, -0.1) is 0 Å². The standard InChI is InChI=1S/C20H20N6O2/c1-12-6-16-17(22-7-12)14(18(27)25-20(10-21)4-5-20)8-26(16)9-15-13(2)19(28-3)24-11-23-15/h6-8,11H,4-5,9H2,1-3H3,(H,25,27). The molecule has 4 rings (SSSR count). The van der Waals surface area contributed by atoms with Gasteiger partial charge in [0.25, 0.3) is 5.91 Å². The van der Waals surface area contributed by atoms with Crippen molar-refractivity contribution in [2.75, 3.05) is 7.11 Å².